The van der Waals surface area contributed by atoms with Gasteiger partial charge in [-0.05, 0) is 75.4 Å². The highest BCUT2D eigenvalue weighted by atomic mass is 35.5. The minimum atomic E-state index is -0.209. The maximum atomic E-state index is 13.7. The number of hydrogen-bond donors (Lipinski definition) is 0. The minimum absolute atomic E-state index is 0.00359. The lowest BCUT2D eigenvalue weighted by Gasteiger charge is -2.36. The molecule has 1 saturated heterocycles. The Bertz CT molecular complexity index is 1240. The lowest BCUT2D eigenvalue weighted by Crippen LogP contribution is -2.44. The average Bonchev–Trinajstić information content (AvgIpc) is 3.42. The van der Waals surface area contributed by atoms with Crippen molar-refractivity contribution in [3.05, 3.63) is 76.3 Å². The first-order valence-corrected chi connectivity index (χ1v) is 13.5. The van der Waals surface area contributed by atoms with E-state index in [2.05, 4.69) is 29.2 Å². The van der Waals surface area contributed by atoms with Crippen LogP contribution in [0.1, 0.15) is 24.4 Å². The van der Waals surface area contributed by atoms with Crippen molar-refractivity contribution in [3.8, 4) is 22.6 Å². The number of hydrogen-bond acceptors (Lipinski definition) is 5. The summed E-state index contributed by atoms with van der Waals surface area (Å²) in [6.07, 6.45) is 2.33. The Balaban J connectivity index is 1.77. The topological polar surface area (TPSA) is 45.2 Å². The third-order valence-corrected chi connectivity index (χ3v) is 7.59. The quantitative estimate of drug-likeness (QED) is 0.289. The number of likely N-dealkylation sites (N-methyl/N-ethyl adjacent to an activating group) is 1. The normalized spacial score (nSPS) is 14.5. The van der Waals surface area contributed by atoms with Crippen LogP contribution in [0.5, 0.6) is 11.5 Å². The molecule has 0 bridgehead atoms. The van der Waals surface area contributed by atoms with E-state index in [-0.39, 0.29) is 18.5 Å². The summed E-state index contributed by atoms with van der Waals surface area (Å²) in [5.41, 5.74) is 3.72. The molecule has 1 heterocycles. The van der Waals surface area contributed by atoms with Gasteiger partial charge in [-0.15, -0.1) is 0 Å². The van der Waals surface area contributed by atoms with Gasteiger partial charge in [0, 0.05) is 17.8 Å². The third kappa shape index (κ3) is 6.44. The van der Waals surface area contributed by atoms with E-state index < -0.39 is 0 Å². The number of rotatable bonds is 10. The number of amides is 1. The predicted molar refractivity (Wildman–Crippen MR) is 156 cm³/mol. The minimum Gasteiger partial charge on any atom is -0.493 e. The number of anilines is 1. The number of benzene rings is 3. The van der Waals surface area contributed by atoms with Crippen molar-refractivity contribution < 1.29 is 14.3 Å². The van der Waals surface area contributed by atoms with Crippen molar-refractivity contribution >= 4 is 34.8 Å². The molecule has 0 aromatic heterocycles. The largest absolute Gasteiger partial charge is 0.493 e. The standard InChI is InChI=1S/C30H35Cl2N3O3/c1-33(2)20-29(36)35(23-14-15-25(31)26(32)18-23)27(19-34-16-5-6-17-34)22-12-10-21(11-13-22)24-8-7-9-28(37-3)30(24)38-4/h7-15,18,27H,5-6,16-17,19-20H2,1-4H3. The number of carbonyl (C=O) groups is 1. The molecule has 1 fully saturated rings. The van der Waals surface area contributed by atoms with E-state index in [1.165, 1.54) is 12.8 Å². The summed E-state index contributed by atoms with van der Waals surface area (Å²) < 4.78 is 11.2. The predicted octanol–water partition coefficient (Wildman–Crippen LogP) is 6.41. The molecule has 0 aliphatic carbocycles. The monoisotopic (exact) mass is 555 g/mol. The van der Waals surface area contributed by atoms with E-state index in [4.69, 9.17) is 32.7 Å². The Morgan fingerprint density at radius 2 is 1.66 bits per heavy atom. The molecule has 38 heavy (non-hydrogen) atoms. The van der Waals surface area contributed by atoms with Crippen LogP contribution in [0.2, 0.25) is 10.0 Å². The Morgan fingerprint density at radius 1 is 0.947 bits per heavy atom. The van der Waals surface area contributed by atoms with Gasteiger partial charge in [-0.2, -0.15) is 0 Å². The maximum absolute atomic E-state index is 13.7. The van der Waals surface area contributed by atoms with Crippen LogP contribution in [0.4, 0.5) is 5.69 Å². The second-order valence-corrected chi connectivity index (χ2v) is 10.6. The van der Waals surface area contributed by atoms with Crippen molar-refractivity contribution in [2.24, 2.45) is 0 Å². The zero-order valence-electron chi connectivity index (χ0n) is 22.4. The number of para-hydroxylation sites is 1. The first-order chi connectivity index (χ1) is 18.3. The molecule has 3 aromatic carbocycles. The second-order valence-electron chi connectivity index (χ2n) is 9.79. The summed E-state index contributed by atoms with van der Waals surface area (Å²) in [7, 11) is 7.08. The van der Waals surface area contributed by atoms with Crippen LogP contribution in [0.15, 0.2) is 60.7 Å². The Morgan fingerprint density at radius 3 is 2.26 bits per heavy atom. The fourth-order valence-electron chi connectivity index (χ4n) is 5.02. The molecule has 202 valence electrons. The Kier molecular flexibility index (Phi) is 9.55. The van der Waals surface area contributed by atoms with Crippen LogP contribution < -0.4 is 14.4 Å². The molecule has 1 amide bonds. The summed E-state index contributed by atoms with van der Waals surface area (Å²) in [6, 6.07) is 19.4. The van der Waals surface area contributed by atoms with Gasteiger partial charge in [0.1, 0.15) is 0 Å². The third-order valence-electron chi connectivity index (χ3n) is 6.85. The van der Waals surface area contributed by atoms with Gasteiger partial charge in [0.2, 0.25) is 5.91 Å². The molecular weight excluding hydrogens is 521 g/mol. The highest BCUT2D eigenvalue weighted by Gasteiger charge is 2.30. The van der Waals surface area contributed by atoms with Crippen molar-refractivity contribution in [3.63, 3.8) is 0 Å². The zero-order valence-corrected chi connectivity index (χ0v) is 23.9. The van der Waals surface area contributed by atoms with Crippen molar-refractivity contribution in [2.45, 2.75) is 18.9 Å². The molecule has 1 atom stereocenters. The summed E-state index contributed by atoms with van der Waals surface area (Å²) in [6.45, 7) is 3.04. The van der Waals surface area contributed by atoms with E-state index in [1.807, 2.05) is 48.2 Å². The van der Waals surface area contributed by atoms with E-state index in [1.54, 1.807) is 26.4 Å². The molecule has 6 nitrogen and oxygen atoms in total. The van der Waals surface area contributed by atoms with Crippen LogP contribution in [0.25, 0.3) is 11.1 Å². The molecule has 3 aromatic rings. The van der Waals surface area contributed by atoms with Gasteiger partial charge < -0.3 is 24.2 Å². The molecule has 1 unspecified atom stereocenters. The average molecular weight is 557 g/mol. The van der Waals surface area contributed by atoms with E-state index >= 15 is 0 Å². The lowest BCUT2D eigenvalue weighted by molar-refractivity contribution is -0.119. The summed E-state index contributed by atoms with van der Waals surface area (Å²) >= 11 is 12.7. The molecule has 1 aliphatic rings. The van der Waals surface area contributed by atoms with Gasteiger partial charge in [0.25, 0.3) is 0 Å². The van der Waals surface area contributed by atoms with Crippen LogP contribution in [0, 0.1) is 0 Å². The van der Waals surface area contributed by atoms with E-state index in [0.717, 1.165) is 42.0 Å². The Hall–Kier alpha value is -2.77. The fourth-order valence-corrected chi connectivity index (χ4v) is 5.32. The first-order valence-electron chi connectivity index (χ1n) is 12.8. The molecular formula is C30H35Cl2N3O3. The number of halogens is 2. The van der Waals surface area contributed by atoms with E-state index in [0.29, 0.717) is 21.5 Å². The first kappa shape index (κ1) is 28.2. The lowest BCUT2D eigenvalue weighted by atomic mass is 9.98. The molecule has 1 aliphatic heterocycles. The van der Waals surface area contributed by atoms with Crippen LogP contribution in [0.3, 0.4) is 0 Å². The molecule has 8 heteroatoms. The summed E-state index contributed by atoms with van der Waals surface area (Å²) in [5.74, 6) is 1.37. The number of nitrogens with zero attached hydrogens (tertiary/aromatic N) is 3. The molecule has 4 rings (SSSR count). The van der Waals surface area contributed by atoms with Crippen molar-refractivity contribution in [1.82, 2.24) is 9.80 Å². The summed E-state index contributed by atoms with van der Waals surface area (Å²) in [5, 5.41) is 0.885. The maximum Gasteiger partial charge on any atom is 0.241 e. The molecule has 0 spiro atoms. The number of likely N-dealkylation sites (tertiary alicyclic amines) is 1. The van der Waals surface area contributed by atoms with E-state index in [9.17, 15) is 4.79 Å². The highest BCUT2D eigenvalue weighted by molar-refractivity contribution is 6.42. The molecule has 0 N–H and O–H groups in total. The van der Waals surface area contributed by atoms with Gasteiger partial charge in [-0.25, -0.2) is 0 Å². The fraction of sp³-hybridized carbons (Fsp3) is 0.367. The Labute approximate surface area is 235 Å². The van der Waals surface area contributed by atoms with Gasteiger partial charge in [0.05, 0.1) is 36.9 Å². The second kappa shape index (κ2) is 12.9. The van der Waals surface area contributed by atoms with Gasteiger partial charge >= 0.3 is 0 Å². The number of methoxy groups -OCH3 is 2. The van der Waals surface area contributed by atoms with Gasteiger partial charge in [-0.3, -0.25) is 4.79 Å². The van der Waals surface area contributed by atoms with Crippen LogP contribution in [-0.4, -0.2) is 70.2 Å². The SMILES string of the molecule is COc1cccc(-c2ccc(C(CN3CCCC3)N(C(=O)CN(C)C)c3ccc(Cl)c(Cl)c3)cc2)c1OC. The van der Waals surface area contributed by atoms with Gasteiger partial charge in [-0.1, -0.05) is 59.6 Å². The van der Waals surface area contributed by atoms with Crippen molar-refractivity contribution in [2.75, 3.05) is 59.4 Å². The number of carbonyl (C=O) groups excluding carboxylic acids is 1. The highest BCUT2D eigenvalue weighted by Crippen LogP contribution is 2.39. The van der Waals surface area contributed by atoms with Gasteiger partial charge in [0.15, 0.2) is 11.5 Å². The zero-order chi connectivity index (χ0) is 27.2. The number of ether oxygens (including phenoxy) is 2. The van der Waals surface area contributed by atoms with Crippen LogP contribution >= 0.6 is 23.2 Å². The summed E-state index contributed by atoms with van der Waals surface area (Å²) in [4.78, 5) is 19.9. The molecule has 0 radical (unpaired) electrons. The molecule has 0 saturated carbocycles. The smallest absolute Gasteiger partial charge is 0.241 e. The van der Waals surface area contributed by atoms with Crippen molar-refractivity contribution in [1.29, 1.82) is 0 Å². The van der Waals surface area contributed by atoms with Crippen LogP contribution in [-0.2, 0) is 4.79 Å².